The lowest BCUT2D eigenvalue weighted by Crippen LogP contribution is -2.43. The summed E-state index contributed by atoms with van der Waals surface area (Å²) in [5.74, 6) is -0.0745. The second-order valence-corrected chi connectivity index (χ2v) is 7.50. The molecule has 0 bridgehead atoms. The van der Waals surface area contributed by atoms with E-state index in [1.54, 1.807) is 7.11 Å². The van der Waals surface area contributed by atoms with Gasteiger partial charge in [-0.05, 0) is 37.9 Å². The average Bonchev–Trinajstić information content (AvgIpc) is 2.84. The Kier molecular flexibility index (Phi) is 4.59. The second-order valence-electron chi connectivity index (χ2n) is 3.75. The summed E-state index contributed by atoms with van der Waals surface area (Å²) < 4.78 is 7.07. The van der Waals surface area contributed by atoms with Gasteiger partial charge < -0.3 is 15.4 Å². The fraction of sp³-hybridized carbons (Fsp3) is 0.500. The number of carbonyl (C=O) groups excluding carboxylic acids is 1. The number of halogens is 2. The average molecular weight is 384 g/mol. The van der Waals surface area contributed by atoms with Crippen LogP contribution in [0.3, 0.4) is 0 Å². The fourth-order valence-electron chi connectivity index (χ4n) is 1.79. The second kappa shape index (κ2) is 5.79. The van der Waals surface area contributed by atoms with Crippen LogP contribution in [0.1, 0.15) is 10.4 Å². The number of hydrogen-bond donors (Lipinski definition) is 2. The molecule has 2 heterocycles. The van der Waals surface area contributed by atoms with Crippen molar-refractivity contribution in [1.29, 1.82) is 0 Å². The van der Waals surface area contributed by atoms with Crippen molar-refractivity contribution in [3.8, 4) is 0 Å². The zero-order valence-electron chi connectivity index (χ0n) is 9.13. The predicted molar refractivity (Wildman–Crippen MR) is 74.6 cm³/mol. The maximum atomic E-state index is 12.1. The molecule has 0 saturated carbocycles. The van der Waals surface area contributed by atoms with E-state index in [0.29, 0.717) is 5.56 Å². The predicted octanol–water partition coefficient (Wildman–Crippen LogP) is 1.99. The van der Waals surface area contributed by atoms with Crippen LogP contribution in [-0.4, -0.2) is 38.3 Å². The monoisotopic (exact) mass is 382 g/mol. The largest absolute Gasteiger partial charge is 0.378 e. The number of ether oxygens (including phenoxy) is 1. The Morgan fingerprint density at radius 2 is 2.35 bits per heavy atom. The molecule has 2 rings (SSSR count). The van der Waals surface area contributed by atoms with E-state index in [1.807, 2.05) is 6.07 Å². The van der Waals surface area contributed by atoms with Crippen molar-refractivity contribution >= 4 is 49.1 Å². The summed E-state index contributed by atoms with van der Waals surface area (Å²) in [5, 5.41) is 6.17. The Balaban J connectivity index is 2.04. The molecule has 1 saturated heterocycles. The highest BCUT2D eigenvalue weighted by Crippen LogP contribution is 2.31. The number of rotatable bonds is 3. The normalized spacial score (nSPS) is 23.9. The first-order valence-electron chi connectivity index (χ1n) is 5.11. The molecule has 1 aromatic heterocycles. The van der Waals surface area contributed by atoms with Gasteiger partial charge in [-0.3, -0.25) is 4.79 Å². The van der Waals surface area contributed by atoms with Crippen LogP contribution in [0.15, 0.2) is 13.6 Å². The molecule has 2 N–H and O–H groups in total. The van der Waals surface area contributed by atoms with Crippen molar-refractivity contribution in [2.45, 2.75) is 12.1 Å². The van der Waals surface area contributed by atoms with Crippen molar-refractivity contribution in [3.05, 3.63) is 19.2 Å². The summed E-state index contributed by atoms with van der Waals surface area (Å²) in [5.41, 5.74) is 0.656. The Labute approximate surface area is 120 Å². The Morgan fingerprint density at radius 3 is 2.94 bits per heavy atom. The van der Waals surface area contributed by atoms with E-state index in [2.05, 4.69) is 42.5 Å². The van der Waals surface area contributed by atoms with Crippen LogP contribution in [-0.2, 0) is 4.74 Å². The van der Waals surface area contributed by atoms with Gasteiger partial charge in [-0.15, -0.1) is 11.3 Å². The highest BCUT2D eigenvalue weighted by atomic mass is 79.9. The molecule has 0 aromatic carbocycles. The first kappa shape index (κ1) is 13.5. The van der Waals surface area contributed by atoms with Crippen molar-refractivity contribution < 1.29 is 9.53 Å². The summed E-state index contributed by atoms with van der Waals surface area (Å²) in [7, 11) is 1.66. The standard InChI is InChI=1S/C10H12Br2N2O2S/c1-16-7-4-13-3-6(7)14-10(15)5-2-8(11)17-9(5)12/h2,6-7,13H,3-4H2,1H3,(H,14,15)/t6?,7-/m0/s1. The number of thiophene rings is 1. The van der Waals surface area contributed by atoms with E-state index in [-0.39, 0.29) is 18.1 Å². The highest BCUT2D eigenvalue weighted by Gasteiger charge is 2.29. The van der Waals surface area contributed by atoms with E-state index in [9.17, 15) is 4.79 Å². The highest BCUT2D eigenvalue weighted by molar-refractivity contribution is 9.12. The van der Waals surface area contributed by atoms with Crippen LogP contribution in [0.5, 0.6) is 0 Å². The number of carbonyl (C=O) groups is 1. The van der Waals surface area contributed by atoms with E-state index < -0.39 is 0 Å². The lowest BCUT2D eigenvalue weighted by molar-refractivity contribution is 0.0779. The van der Waals surface area contributed by atoms with Crippen LogP contribution < -0.4 is 10.6 Å². The lowest BCUT2D eigenvalue weighted by atomic mass is 10.2. The molecule has 0 radical (unpaired) electrons. The molecule has 2 atom stereocenters. The quantitative estimate of drug-likeness (QED) is 0.839. The maximum Gasteiger partial charge on any atom is 0.253 e. The van der Waals surface area contributed by atoms with Gasteiger partial charge in [0.25, 0.3) is 5.91 Å². The number of methoxy groups -OCH3 is 1. The third-order valence-electron chi connectivity index (χ3n) is 2.68. The first-order valence-corrected chi connectivity index (χ1v) is 7.51. The van der Waals surface area contributed by atoms with Gasteiger partial charge in [0.15, 0.2) is 0 Å². The first-order chi connectivity index (χ1) is 8.11. The number of hydrogen-bond acceptors (Lipinski definition) is 4. The van der Waals surface area contributed by atoms with Gasteiger partial charge in [0, 0.05) is 20.2 Å². The summed E-state index contributed by atoms with van der Waals surface area (Å²) in [4.78, 5) is 12.1. The summed E-state index contributed by atoms with van der Waals surface area (Å²) in [6, 6.07) is 1.84. The maximum absolute atomic E-state index is 12.1. The SMILES string of the molecule is CO[C@H]1CNCC1NC(=O)c1cc(Br)sc1Br. The third-order valence-corrected chi connectivity index (χ3v) is 5.02. The Hall–Kier alpha value is 0.0500. The molecule has 1 aliphatic heterocycles. The van der Waals surface area contributed by atoms with Crippen LogP contribution in [0.25, 0.3) is 0 Å². The molecule has 4 nitrogen and oxygen atoms in total. The molecule has 0 spiro atoms. The van der Waals surface area contributed by atoms with Crippen molar-refractivity contribution in [2.24, 2.45) is 0 Å². The van der Waals surface area contributed by atoms with Crippen LogP contribution in [0.2, 0.25) is 0 Å². The minimum absolute atomic E-state index is 0.0260. The Morgan fingerprint density at radius 1 is 1.59 bits per heavy atom. The van der Waals surface area contributed by atoms with Gasteiger partial charge in [0.2, 0.25) is 0 Å². The molecule has 94 valence electrons. The van der Waals surface area contributed by atoms with Crippen molar-refractivity contribution in [1.82, 2.24) is 10.6 Å². The van der Waals surface area contributed by atoms with Crippen molar-refractivity contribution in [2.75, 3.05) is 20.2 Å². The number of amides is 1. The van der Waals surface area contributed by atoms with Crippen LogP contribution >= 0.6 is 43.2 Å². The number of nitrogens with one attached hydrogen (secondary N) is 2. The molecule has 1 aromatic rings. The van der Waals surface area contributed by atoms with E-state index in [4.69, 9.17) is 4.74 Å². The van der Waals surface area contributed by atoms with E-state index in [1.165, 1.54) is 11.3 Å². The summed E-state index contributed by atoms with van der Waals surface area (Å²) >= 11 is 8.23. The zero-order chi connectivity index (χ0) is 12.4. The van der Waals surface area contributed by atoms with Gasteiger partial charge in [-0.25, -0.2) is 0 Å². The molecular formula is C10H12Br2N2O2S. The van der Waals surface area contributed by atoms with Gasteiger partial charge in [0.1, 0.15) is 0 Å². The van der Waals surface area contributed by atoms with Crippen LogP contribution in [0.4, 0.5) is 0 Å². The minimum Gasteiger partial charge on any atom is -0.378 e. The van der Waals surface area contributed by atoms with E-state index >= 15 is 0 Å². The molecule has 7 heteroatoms. The van der Waals surface area contributed by atoms with Gasteiger partial charge in [0.05, 0.1) is 25.3 Å². The molecule has 1 aliphatic rings. The van der Waals surface area contributed by atoms with E-state index in [0.717, 1.165) is 20.7 Å². The summed E-state index contributed by atoms with van der Waals surface area (Å²) in [6.07, 6.45) is 0.0415. The molecule has 1 unspecified atom stereocenters. The molecule has 0 aliphatic carbocycles. The summed E-state index contributed by atoms with van der Waals surface area (Å²) in [6.45, 7) is 1.52. The fourth-order valence-corrected chi connectivity index (χ4v) is 4.58. The Bertz CT molecular complexity index is 424. The van der Waals surface area contributed by atoms with Crippen LogP contribution in [0, 0.1) is 0 Å². The van der Waals surface area contributed by atoms with Gasteiger partial charge in [-0.2, -0.15) is 0 Å². The minimum atomic E-state index is -0.0745. The molecular weight excluding hydrogens is 372 g/mol. The smallest absolute Gasteiger partial charge is 0.253 e. The van der Waals surface area contributed by atoms with Gasteiger partial charge in [-0.1, -0.05) is 0 Å². The zero-order valence-corrected chi connectivity index (χ0v) is 13.1. The topological polar surface area (TPSA) is 50.4 Å². The molecule has 1 fully saturated rings. The molecule has 1 amide bonds. The third kappa shape index (κ3) is 3.08. The van der Waals surface area contributed by atoms with Gasteiger partial charge >= 0.3 is 0 Å². The molecule has 17 heavy (non-hydrogen) atoms. The lowest BCUT2D eigenvalue weighted by Gasteiger charge is -2.18. The van der Waals surface area contributed by atoms with Crippen molar-refractivity contribution in [3.63, 3.8) is 0 Å².